The molecule has 0 fully saturated rings. The van der Waals surface area contributed by atoms with E-state index < -0.39 is 14.8 Å². The van der Waals surface area contributed by atoms with Crippen molar-refractivity contribution in [1.82, 2.24) is 0 Å². The largest absolute Gasteiger partial charge is 1.00 e. The van der Waals surface area contributed by atoms with E-state index in [-0.39, 0.29) is 20.3 Å². The van der Waals surface area contributed by atoms with Crippen LogP contribution in [0.15, 0.2) is 0 Å². The fourth-order valence-corrected chi connectivity index (χ4v) is 0. The molecule has 0 aromatic heterocycles. The minimum absolute atomic E-state index is 0. The molecule has 0 bridgehead atoms. The van der Waals surface area contributed by atoms with Gasteiger partial charge in [-0.3, -0.25) is 0 Å². The number of phosphoric acid groups is 1. The molecule has 0 rings (SSSR count). The Balaban J connectivity index is -0.0000000326. The molecule has 3 N–H and O–H groups in total. The predicted molar refractivity (Wildman–Crippen MR) is 22.5 cm³/mol. The van der Waals surface area contributed by atoms with Crippen LogP contribution in [0.25, 0.3) is 0 Å². The SMILES string of the molecule is FCF.O=P(O)(O)O.[H-].[Li+]. The summed E-state index contributed by atoms with van der Waals surface area (Å²) in [5.74, 6) is 0. The van der Waals surface area contributed by atoms with Crippen molar-refractivity contribution in [3.8, 4) is 0 Å². The number of hydrogen-bond donors (Lipinski definition) is 3. The smallest absolute Gasteiger partial charge is 1.00 e. The van der Waals surface area contributed by atoms with Gasteiger partial charge in [0.05, 0.1) is 0 Å². The summed E-state index contributed by atoms with van der Waals surface area (Å²) >= 11 is 0. The molecule has 4 nitrogen and oxygen atoms in total. The van der Waals surface area contributed by atoms with Crippen LogP contribution in [0.2, 0.25) is 0 Å². The summed E-state index contributed by atoms with van der Waals surface area (Å²) < 4.78 is 28.1. The van der Waals surface area contributed by atoms with Gasteiger partial charge in [0.2, 0.25) is 6.93 Å². The van der Waals surface area contributed by atoms with E-state index in [1.165, 1.54) is 0 Å². The summed E-state index contributed by atoms with van der Waals surface area (Å²) in [5.41, 5.74) is 0. The Hall–Kier alpha value is 0.567. The van der Waals surface area contributed by atoms with Gasteiger partial charge in [0.15, 0.2) is 0 Å². The van der Waals surface area contributed by atoms with Crippen molar-refractivity contribution in [2.24, 2.45) is 0 Å². The number of rotatable bonds is 0. The Kier molecular flexibility index (Phi) is 15.5. The maximum Gasteiger partial charge on any atom is 1.00 e. The molecule has 0 amide bonds. The van der Waals surface area contributed by atoms with Crippen LogP contribution in [0.1, 0.15) is 1.43 Å². The zero-order chi connectivity index (χ0) is 7.21. The minimum atomic E-state index is -4.64. The fraction of sp³-hybridized carbons (Fsp3) is 1.00. The molecule has 0 aliphatic heterocycles. The van der Waals surface area contributed by atoms with Gasteiger partial charge in [-0.05, 0) is 0 Å². The third-order valence-corrected chi connectivity index (χ3v) is 0. The van der Waals surface area contributed by atoms with Gasteiger partial charge in [0.1, 0.15) is 0 Å². The molecule has 0 atom stereocenters. The Morgan fingerprint density at radius 3 is 1.33 bits per heavy atom. The van der Waals surface area contributed by atoms with Gasteiger partial charge in [-0.1, -0.05) is 0 Å². The molecule has 0 aromatic carbocycles. The van der Waals surface area contributed by atoms with Crippen molar-refractivity contribution in [3.63, 3.8) is 0 Å². The number of hydrogen-bond acceptors (Lipinski definition) is 1. The molecule has 9 heavy (non-hydrogen) atoms. The molecule has 8 heteroatoms. The fourth-order valence-electron chi connectivity index (χ4n) is 0. The zero-order valence-corrected chi connectivity index (χ0v) is 5.55. The topological polar surface area (TPSA) is 77.8 Å². The molecule has 0 unspecified atom stereocenters. The normalized spacial score (nSPS) is 8.56. The second-order valence-corrected chi connectivity index (χ2v) is 1.64. The van der Waals surface area contributed by atoms with Crippen molar-refractivity contribution in [2.45, 2.75) is 0 Å². The summed E-state index contributed by atoms with van der Waals surface area (Å²) in [5, 5.41) is 0. The van der Waals surface area contributed by atoms with Crippen LogP contribution in [0.4, 0.5) is 8.78 Å². The summed E-state index contributed by atoms with van der Waals surface area (Å²) in [6.45, 7) is -1.75. The Labute approximate surface area is 63.8 Å². The predicted octanol–water partition coefficient (Wildman–Crippen LogP) is -2.93. The number of halogens is 2. The van der Waals surface area contributed by atoms with E-state index in [1.54, 1.807) is 0 Å². The van der Waals surface area contributed by atoms with Crippen LogP contribution in [0.3, 0.4) is 0 Å². The molecule has 0 aliphatic carbocycles. The minimum Gasteiger partial charge on any atom is -1.00 e. The van der Waals surface area contributed by atoms with Crippen LogP contribution < -0.4 is 18.9 Å². The second kappa shape index (κ2) is 8.57. The van der Waals surface area contributed by atoms with Crippen molar-refractivity contribution in [2.75, 3.05) is 6.93 Å². The first-order valence-corrected chi connectivity index (χ1v) is 2.88. The molecule has 0 spiro atoms. The van der Waals surface area contributed by atoms with Crippen molar-refractivity contribution in [1.29, 1.82) is 0 Å². The quantitative estimate of drug-likeness (QED) is 0.260. The van der Waals surface area contributed by atoms with Gasteiger partial charge >= 0.3 is 26.7 Å². The van der Waals surface area contributed by atoms with E-state index >= 15 is 0 Å². The maximum absolute atomic E-state index is 9.62. The van der Waals surface area contributed by atoms with E-state index in [1.807, 2.05) is 0 Å². The second-order valence-electron chi connectivity index (χ2n) is 0.614. The van der Waals surface area contributed by atoms with E-state index in [2.05, 4.69) is 0 Å². The first-order chi connectivity index (χ1) is 3.41. The maximum atomic E-state index is 9.62. The average molecular weight is 158 g/mol. The van der Waals surface area contributed by atoms with E-state index in [4.69, 9.17) is 19.2 Å². The van der Waals surface area contributed by atoms with Crippen LogP contribution in [-0.2, 0) is 4.57 Å². The van der Waals surface area contributed by atoms with Gasteiger partial charge in [-0.2, -0.15) is 0 Å². The van der Waals surface area contributed by atoms with Crippen molar-refractivity contribution >= 4 is 7.82 Å². The summed E-state index contributed by atoms with van der Waals surface area (Å²) in [6.07, 6.45) is 0. The van der Waals surface area contributed by atoms with Gasteiger partial charge in [0.25, 0.3) is 0 Å². The van der Waals surface area contributed by atoms with Crippen LogP contribution in [0, 0.1) is 0 Å². The molecule has 0 saturated heterocycles. The van der Waals surface area contributed by atoms with Gasteiger partial charge in [0, 0.05) is 0 Å². The van der Waals surface area contributed by atoms with Crippen LogP contribution >= 0.6 is 7.82 Å². The Morgan fingerprint density at radius 2 is 1.33 bits per heavy atom. The summed E-state index contributed by atoms with van der Waals surface area (Å²) in [6, 6.07) is 0. The monoisotopic (exact) mass is 158 g/mol. The number of alkyl halides is 2. The van der Waals surface area contributed by atoms with Crippen molar-refractivity contribution < 1.29 is 48.3 Å². The van der Waals surface area contributed by atoms with Crippen LogP contribution in [0.5, 0.6) is 0 Å². The first-order valence-electron chi connectivity index (χ1n) is 1.32. The molecule has 0 aromatic rings. The molecular weight excluding hydrogens is 152 g/mol. The average Bonchev–Trinajstić information content (AvgIpc) is 1.27. The summed E-state index contributed by atoms with van der Waals surface area (Å²) in [7, 11) is -4.64. The molecule has 0 aliphatic rings. The third kappa shape index (κ3) is 1150. The zero-order valence-electron chi connectivity index (χ0n) is 5.66. The molecule has 54 valence electrons. The third-order valence-electron chi connectivity index (χ3n) is 0. The molecular formula is CH6F2LiO4P. The summed E-state index contributed by atoms with van der Waals surface area (Å²) in [4.78, 5) is 21.6. The van der Waals surface area contributed by atoms with Gasteiger partial charge < -0.3 is 16.1 Å². The Bertz CT molecular complexity index is 79.1. The van der Waals surface area contributed by atoms with Gasteiger partial charge in [-0.25, -0.2) is 13.3 Å². The molecule has 0 radical (unpaired) electrons. The standard InChI is InChI=1S/CH2F2.Li.H3O4P.H/c2-1-3;;1-5(2,3)4;/h1H2;;(H3,1,2,3,4);/q;+1;;-1. The van der Waals surface area contributed by atoms with E-state index in [0.717, 1.165) is 0 Å². The van der Waals surface area contributed by atoms with E-state index in [0.29, 0.717) is 0 Å². The Morgan fingerprint density at radius 1 is 1.33 bits per heavy atom. The molecule has 0 heterocycles. The van der Waals surface area contributed by atoms with Gasteiger partial charge in [-0.15, -0.1) is 0 Å². The first kappa shape index (κ1) is 16.3. The van der Waals surface area contributed by atoms with E-state index in [9.17, 15) is 8.78 Å². The van der Waals surface area contributed by atoms with Crippen molar-refractivity contribution in [3.05, 3.63) is 0 Å². The molecule has 0 saturated carbocycles. The van der Waals surface area contributed by atoms with Crippen LogP contribution in [-0.4, -0.2) is 21.6 Å².